The number of anilines is 2. The Hall–Kier alpha value is -2.42. The summed E-state index contributed by atoms with van der Waals surface area (Å²) in [6, 6.07) is 2.21. The van der Waals surface area contributed by atoms with E-state index in [-0.39, 0.29) is 5.95 Å². The van der Waals surface area contributed by atoms with Crippen molar-refractivity contribution in [2.75, 3.05) is 24.7 Å². The summed E-state index contributed by atoms with van der Waals surface area (Å²) >= 11 is 0. The molecule has 1 aromatic heterocycles. The summed E-state index contributed by atoms with van der Waals surface area (Å²) < 4.78 is 0. The molecule has 6 heteroatoms. The average Bonchev–Trinajstić information content (AvgIpc) is 3.06. The first kappa shape index (κ1) is 13.6. The van der Waals surface area contributed by atoms with Gasteiger partial charge in [-0.2, -0.15) is 20.2 Å². The predicted octanol–water partition coefficient (Wildman–Crippen LogP) is 1.64. The number of hydrogen-bond acceptors (Lipinski definition) is 6. The van der Waals surface area contributed by atoms with Crippen molar-refractivity contribution in [3.8, 4) is 6.07 Å². The number of hydrogen-bond donors (Lipinski definition) is 1. The van der Waals surface area contributed by atoms with Crippen molar-refractivity contribution in [3.63, 3.8) is 0 Å². The van der Waals surface area contributed by atoms with Crippen molar-refractivity contribution in [1.29, 1.82) is 5.26 Å². The minimum atomic E-state index is 0.137. The van der Waals surface area contributed by atoms with E-state index in [1.807, 2.05) is 20.2 Å². The molecule has 6 nitrogen and oxygen atoms in total. The molecular formula is C15H18N6. The second kappa shape index (κ2) is 5.17. The van der Waals surface area contributed by atoms with Crippen molar-refractivity contribution in [2.24, 2.45) is 17.8 Å². The van der Waals surface area contributed by atoms with Crippen LogP contribution >= 0.6 is 0 Å². The summed E-state index contributed by atoms with van der Waals surface area (Å²) in [6.45, 7) is 0. The first-order valence-electron chi connectivity index (χ1n) is 7.06. The van der Waals surface area contributed by atoms with Gasteiger partial charge in [0.2, 0.25) is 11.9 Å². The highest BCUT2D eigenvalue weighted by atomic mass is 15.3. The summed E-state index contributed by atoms with van der Waals surface area (Å²) in [5, 5.41) is 9.44. The number of nitriles is 1. The SMILES string of the molecule is CN(C)c1nc(N)nc(/C(C#N)=C/[C@H]2C[C@@H]3C=C[C@@H]2C3)n1. The molecule has 1 heterocycles. The monoisotopic (exact) mass is 282 g/mol. The lowest BCUT2D eigenvalue weighted by Crippen LogP contribution is -2.16. The van der Waals surface area contributed by atoms with Crippen molar-refractivity contribution in [2.45, 2.75) is 12.8 Å². The zero-order valence-electron chi connectivity index (χ0n) is 12.2. The van der Waals surface area contributed by atoms with Gasteiger partial charge in [0.05, 0.1) is 5.57 Å². The molecule has 0 amide bonds. The first-order valence-corrected chi connectivity index (χ1v) is 7.06. The summed E-state index contributed by atoms with van der Waals surface area (Å²) in [5.74, 6) is 2.57. The fourth-order valence-corrected chi connectivity index (χ4v) is 3.09. The fourth-order valence-electron chi connectivity index (χ4n) is 3.09. The summed E-state index contributed by atoms with van der Waals surface area (Å²) in [7, 11) is 3.66. The van der Waals surface area contributed by atoms with Crippen LogP contribution in [0.1, 0.15) is 18.7 Å². The van der Waals surface area contributed by atoms with Crippen LogP contribution in [0.3, 0.4) is 0 Å². The first-order chi connectivity index (χ1) is 10.1. The van der Waals surface area contributed by atoms with Gasteiger partial charge >= 0.3 is 0 Å². The van der Waals surface area contributed by atoms with E-state index in [4.69, 9.17) is 5.73 Å². The minimum Gasteiger partial charge on any atom is -0.368 e. The molecule has 108 valence electrons. The maximum atomic E-state index is 9.44. The molecule has 2 N–H and O–H groups in total. The predicted molar refractivity (Wildman–Crippen MR) is 81.0 cm³/mol. The number of nitrogen functional groups attached to an aromatic ring is 1. The Labute approximate surface area is 124 Å². The lowest BCUT2D eigenvalue weighted by Gasteiger charge is -2.15. The Morgan fingerprint density at radius 2 is 2.14 bits per heavy atom. The van der Waals surface area contributed by atoms with Crippen LogP contribution in [0.25, 0.3) is 5.57 Å². The van der Waals surface area contributed by atoms with Crippen LogP contribution in [-0.2, 0) is 0 Å². The molecule has 2 aliphatic rings. The molecule has 1 saturated carbocycles. The van der Waals surface area contributed by atoms with Gasteiger partial charge in [0.1, 0.15) is 6.07 Å². The summed E-state index contributed by atoms with van der Waals surface area (Å²) in [6.07, 6.45) is 8.85. The molecule has 2 bridgehead atoms. The van der Waals surface area contributed by atoms with Gasteiger partial charge in [-0.3, -0.25) is 0 Å². The maximum Gasteiger partial charge on any atom is 0.230 e. The van der Waals surface area contributed by atoms with E-state index >= 15 is 0 Å². The van der Waals surface area contributed by atoms with Crippen molar-refractivity contribution in [3.05, 3.63) is 24.1 Å². The molecule has 21 heavy (non-hydrogen) atoms. The van der Waals surface area contributed by atoms with Crippen LogP contribution < -0.4 is 10.6 Å². The number of fused-ring (bicyclic) bond motifs is 2. The lowest BCUT2D eigenvalue weighted by atomic mass is 9.91. The zero-order valence-corrected chi connectivity index (χ0v) is 12.2. The largest absolute Gasteiger partial charge is 0.368 e. The average molecular weight is 282 g/mol. The van der Waals surface area contributed by atoms with Gasteiger partial charge in [0.25, 0.3) is 0 Å². The Kier molecular flexibility index (Phi) is 3.34. The van der Waals surface area contributed by atoms with Crippen molar-refractivity contribution >= 4 is 17.5 Å². The molecule has 0 aromatic carbocycles. The zero-order chi connectivity index (χ0) is 15.0. The van der Waals surface area contributed by atoms with Crippen molar-refractivity contribution in [1.82, 2.24) is 15.0 Å². The molecule has 3 rings (SSSR count). The maximum absolute atomic E-state index is 9.44. The third-order valence-electron chi connectivity index (χ3n) is 4.11. The Balaban J connectivity index is 1.93. The molecule has 2 aliphatic carbocycles. The molecule has 1 aromatic rings. The van der Waals surface area contributed by atoms with Gasteiger partial charge in [0, 0.05) is 14.1 Å². The highest BCUT2D eigenvalue weighted by Gasteiger charge is 2.34. The standard InChI is InChI=1S/C15H18N6/c1-21(2)15-19-13(18-14(17)20-15)12(8-16)7-11-6-9-3-4-10(11)5-9/h3-4,7,9-11H,5-6H2,1-2H3,(H2,17,18,19,20)/b12-7+/t9-,10-,11-/m1/s1. The van der Waals surface area contributed by atoms with E-state index in [2.05, 4.69) is 33.2 Å². The highest BCUT2D eigenvalue weighted by Crippen LogP contribution is 2.44. The van der Waals surface area contributed by atoms with E-state index in [1.54, 1.807) is 4.90 Å². The third-order valence-corrected chi connectivity index (χ3v) is 4.11. The van der Waals surface area contributed by atoms with E-state index < -0.39 is 0 Å². The second-order valence-corrected chi connectivity index (χ2v) is 5.85. The molecule has 0 aliphatic heterocycles. The van der Waals surface area contributed by atoms with Crippen LogP contribution in [0.15, 0.2) is 18.2 Å². The number of nitrogens with two attached hydrogens (primary N) is 1. The molecule has 1 fully saturated rings. The van der Waals surface area contributed by atoms with Crippen LogP contribution in [0.2, 0.25) is 0 Å². The van der Waals surface area contributed by atoms with Gasteiger partial charge in [-0.1, -0.05) is 18.2 Å². The molecular weight excluding hydrogens is 264 g/mol. The topological polar surface area (TPSA) is 91.7 Å². The van der Waals surface area contributed by atoms with Crippen LogP contribution in [-0.4, -0.2) is 29.0 Å². The molecule has 0 spiro atoms. The van der Waals surface area contributed by atoms with Gasteiger partial charge in [-0.15, -0.1) is 0 Å². The molecule has 0 unspecified atom stereocenters. The lowest BCUT2D eigenvalue weighted by molar-refractivity contribution is 0.551. The Morgan fingerprint density at radius 3 is 2.71 bits per heavy atom. The van der Waals surface area contributed by atoms with E-state index in [0.717, 1.165) is 6.42 Å². The van der Waals surface area contributed by atoms with Crippen molar-refractivity contribution < 1.29 is 0 Å². The van der Waals surface area contributed by atoms with Gasteiger partial charge in [-0.05, 0) is 30.6 Å². The van der Waals surface area contributed by atoms with Gasteiger partial charge in [0.15, 0.2) is 5.82 Å². The molecule has 3 atom stereocenters. The van der Waals surface area contributed by atoms with E-state index in [0.29, 0.717) is 35.1 Å². The summed E-state index contributed by atoms with van der Waals surface area (Å²) in [5.41, 5.74) is 6.21. The number of rotatable bonds is 3. The van der Waals surface area contributed by atoms with E-state index in [9.17, 15) is 5.26 Å². The summed E-state index contributed by atoms with van der Waals surface area (Å²) in [4.78, 5) is 14.2. The van der Waals surface area contributed by atoms with Crippen LogP contribution in [0.5, 0.6) is 0 Å². The smallest absolute Gasteiger partial charge is 0.230 e. The normalized spacial score (nSPS) is 26.9. The molecule has 0 radical (unpaired) electrons. The second-order valence-electron chi connectivity index (χ2n) is 5.85. The quantitative estimate of drug-likeness (QED) is 0.669. The minimum absolute atomic E-state index is 0.137. The highest BCUT2D eigenvalue weighted by molar-refractivity contribution is 5.73. The van der Waals surface area contributed by atoms with Crippen LogP contribution in [0.4, 0.5) is 11.9 Å². The molecule has 0 saturated heterocycles. The van der Waals surface area contributed by atoms with Crippen LogP contribution in [0, 0.1) is 29.1 Å². The number of allylic oxidation sites excluding steroid dienone is 4. The number of nitrogens with zero attached hydrogens (tertiary/aromatic N) is 5. The fraction of sp³-hybridized carbons (Fsp3) is 0.467. The third kappa shape index (κ3) is 2.59. The Morgan fingerprint density at radius 1 is 1.33 bits per heavy atom. The van der Waals surface area contributed by atoms with Gasteiger partial charge in [-0.25, -0.2) is 0 Å². The Bertz CT molecular complexity index is 655. The van der Waals surface area contributed by atoms with Gasteiger partial charge < -0.3 is 10.6 Å². The van der Waals surface area contributed by atoms with E-state index in [1.165, 1.54) is 6.42 Å². The number of aromatic nitrogens is 3.